The van der Waals surface area contributed by atoms with Crippen LogP contribution in [0.4, 0.5) is 0 Å². The number of morpholine rings is 1. The molecule has 0 aromatic rings. The van der Waals surface area contributed by atoms with Crippen LogP contribution in [0.3, 0.4) is 0 Å². The summed E-state index contributed by atoms with van der Waals surface area (Å²) in [5, 5.41) is 0. The molecule has 0 saturated carbocycles. The number of hydrogen-bond acceptors (Lipinski definition) is 6. The first-order valence-corrected chi connectivity index (χ1v) is 9.20. The highest BCUT2D eigenvalue weighted by molar-refractivity contribution is 5.81. The molecule has 7 nitrogen and oxygen atoms in total. The van der Waals surface area contributed by atoms with Gasteiger partial charge in [0.15, 0.2) is 5.60 Å². The van der Waals surface area contributed by atoms with E-state index < -0.39 is 11.2 Å². The van der Waals surface area contributed by atoms with Crippen molar-refractivity contribution in [3.05, 3.63) is 0 Å². The second-order valence-corrected chi connectivity index (χ2v) is 8.23. The highest BCUT2D eigenvalue weighted by atomic mass is 16.6. The second kappa shape index (κ2) is 8.01. The summed E-state index contributed by atoms with van der Waals surface area (Å²) in [6.07, 6.45) is 2.00. The molecule has 0 radical (unpaired) electrons. The molecule has 7 heteroatoms. The van der Waals surface area contributed by atoms with Crippen LogP contribution < -0.4 is 5.73 Å². The van der Waals surface area contributed by atoms with Crippen LogP contribution in [-0.2, 0) is 19.1 Å². The topological polar surface area (TPSA) is 85.1 Å². The SMILES string of the molecule is CC(=O)N1CCC(CN2CCOC(CN)(C(=O)OC(C)(C)C)C2)CC1. The Bertz CT molecular complexity index is 483. The summed E-state index contributed by atoms with van der Waals surface area (Å²) in [5.74, 6) is 0.304. The Hall–Kier alpha value is -1.18. The fourth-order valence-electron chi connectivity index (χ4n) is 3.51. The van der Waals surface area contributed by atoms with E-state index >= 15 is 0 Å². The van der Waals surface area contributed by atoms with Gasteiger partial charge in [0.2, 0.25) is 5.91 Å². The molecule has 2 fully saturated rings. The van der Waals surface area contributed by atoms with Crippen molar-refractivity contribution in [3.8, 4) is 0 Å². The molecule has 0 spiro atoms. The second-order valence-electron chi connectivity index (χ2n) is 8.23. The summed E-state index contributed by atoms with van der Waals surface area (Å²) in [5.41, 5.74) is 4.27. The fraction of sp³-hybridized carbons (Fsp3) is 0.889. The predicted octanol–water partition coefficient (Wildman–Crippen LogP) is 0.616. The van der Waals surface area contributed by atoms with E-state index in [2.05, 4.69) is 4.90 Å². The van der Waals surface area contributed by atoms with Crippen molar-refractivity contribution in [2.24, 2.45) is 11.7 Å². The zero-order valence-corrected chi connectivity index (χ0v) is 16.0. The average molecular weight is 355 g/mol. The highest BCUT2D eigenvalue weighted by Crippen LogP contribution is 2.25. The molecule has 1 atom stereocenters. The molecule has 2 N–H and O–H groups in total. The van der Waals surface area contributed by atoms with Crippen LogP contribution in [0.15, 0.2) is 0 Å². The van der Waals surface area contributed by atoms with E-state index in [0.717, 1.165) is 39.0 Å². The van der Waals surface area contributed by atoms with Gasteiger partial charge in [0.1, 0.15) is 5.60 Å². The molecule has 0 bridgehead atoms. The lowest BCUT2D eigenvalue weighted by atomic mass is 9.94. The number of carbonyl (C=O) groups is 2. The van der Waals surface area contributed by atoms with Gasteiger partial charge in [-0.25, -0.2) is 4.79 Å². The van der Waals surface area contributed by atoms with Gasteiger partial charge in [0.25, 0.3) is 0 Å². The molecule has 0 aliphatic carbocycles. The quantitative estimate of drug-likeness (QED) is 0.744. The van der Waals surface area contributed by atoms with E-state index in [0.29, 0.717) is 19.1 Å². The lowest BCUT2D eigenvalue weighted by Crippen LogP contribution is -2.62. The van der Waals surface area contributed by atoms with E-state index in [1.807, 2.05) is 25.7 Å². The van der Waals surface area contributed by atoms with Crippen molar-refractivity contribution >= 4 is 11.9 Å². The molecule has 0 aromatic heterocycles. The number of piperidine rings is 1. The Balaban J connectivity index is 1.93. The number of carbonyl (C=O) groups excluding carboxylic acids is 2. The van der Waals surface area contributed by atoms with E-state index in [1.54, 1.807) is 6.92 Å². The van der Waals surface area contributed by atoms with Crippen molar-refractivity contribution in [1.82, 2.24) is 9.80 Å². The first kappa shape index (κ1) is 20.1. The van der Waals surface area contributed by atoms with Gasteiger partial charge in [-0.1, -0.05) is 0 Å². The van der Waals surface area contributed by atoms with Gasteiger partial charge >= 0.3 is 5.97 Å². The molecule has 144 valence electrons. The molecule has 25 heavy (non-hydrogen) atoms. The van der Waals surface area contributed by atoms with Gasteiger partial charge in [-0.3, -0.25) is 9.69 Å². The monoisotopic (exact) mass is 355 g/mol. The number of hydrogen-bond donors (Lipinski definition) is 1. The van der Waals surface area contributed by atoms with Gasteiger partial charge in [0.05, 0.1) is 6.61 Å². The van der Waals surface area contributed by atoms with Crippen LogP contribution in [0.2, 0.25) is 0 Å². The van der Waals surface area contributed by atoms with E-state index in [-0.39, 0.29) is 18.4 Å². The lowest BCUT2D eigenvalue weighted by molar-refractivity contribution is -0.193. The summed E-state index contributed by atoms with van der Waals surface area (Å²) >= 11 is 0. The van der Waals surface area contributed by atoms with Gasteiger partial charge in [-0.2, -0.15) is 0 Å². The number of nitrogens with zero attached hydrogens (tertiary/aromatic N) is 2. The average Bonchev–Trinajstić information content (AvgIpc) is 2.54. The molecule has 0 aromatic carbocycles. The van der Waals surface area contributed by atoms with Crippen molar-refractivity contribution in [2.45, 2.75) is 51.7 Å². The molecule has 2 aliphatic rings. The standard InChI is InChI=1S/C18H33N3O4/c1-14(22)21-7-5-15(6-8-21)11-20-9-10-24-18(12-19,13-20)16(23)25-17(2,3)4/h15H,5-13,19H2,1-4H3. The van der Waals surface area contributed by atoms with Crippen molar-refractivity contribution < 1.29 is 19.1 Å². The van der Waals surface area contributed by atoms with Gasteiger partial charge < -0.3 is 20.1 Å². The number of nitrogens with two attached hydrogens (primary N) is 1. The van der Waals surface area contributed by atoms with Gasteiger partial charge in [0, 0.05) is 46.2 Å². The summed E-state index contributed by atoms with van der Waals surface area (Å²) in [6, 6.07) is 0. The Kier molecular flexibility index (Phi) is 6.45. The zero-order valence-electron chi connectivity index (χ0n) is 16.0. The number of amides is 1. The summed E-state index contributed by atoms with van der Waals surface area (Å²) in [6.45, 7) is 11.5. The van der Waals surface area contributed by atoms with Crippen LogP contribution in [-0.4, -0.2) is 78.8 Å². The third-order valence-corrected chi connectivity index (χ3v) is 4.94. The van der Waals surface area contributed by atoms with Crippen molar-refractivity contribution in [2.75, 3.05) is 45.9 Å². The first-order valence-electron chi connectivity index (χ1n) is 9.20. The van der Waals surface area contributed by atoms with E-state index in [9.17, 15) is 9.59 Å². The predicted molar refractivity (Wildman–Crippen MR) is 95.0 cm³/mol. The summed E-state index contributed by atoms with van der Waals surface area (Å²) in [7, 11) is 0. The smallest absolute Gasteiger partial charge is 0.341 e. The summed E-state index contributed by atoms with van der Waals surface area (Å²) < 4.78 is 11.3. The Morgan fingerprint density at radius 1 is 1.24 bits per heavy atom. The van der Waals surface area contributed by atoms with Crippen LogP contribution in [0, 0.1) is 5.92 Å². The maximum Gasteiger partial charge on any atom is 0.341 e. The van der Waals surface area contributed by atoms with Gasteiger partial charge in [-0.05, 0) is 39.5 Å². The van der Waals surface area contributed by atoms with Crippen LogP contribution in [0.5, 0.6) is 0 Å². The molecule has 2 aliphatic heterocycles. The third-order valence-electron chi connectivity index (χ3n) is 4.94. The van der Waals surface area contributed by atoms with Crippen molar-refractivity contribution in [3.63, 3.8) is 0 Å². The van der Waals surface area contributed by atoms with Crippen LogP contribution in [0.1, 0.15) is 40.5 Å². The number of ether oxygens (including phenoxy) is 2. The molecular weight excluding hydrogens is 322 g/mol. The van der Waals surface area contributed by atoms with Crippen LogP contribution >= 0.6 is 0 Å². The molecular formula is C18H33N3O4. The maximum atomic E-state index is 12.6. The van der Waals surface area contributed by atoms with Crippen LogP contribution in [0.25, 0.3) is 0 Å². The van der Waals surface area contributed by atoms with Crippen molar-refractivity contribution in [1.29, 1.82) is 0 Å². The molecule has 1 amide bonds. The van der Waals surface area contributed by atoms with E-state index in [4.69, 9.17) is 15.2 Å². The minimum Gasteiger partial charge on any atom is -0.458 e. The molecule has 2 rings (SSSR count). The summed E-state index contributed by atoms with van der Waals surface area (Å²) in [4.78, 5) is 28.2. The Morgan fingerprint density at radius 2 is 1.88 bits per heavy atom. The Labute approximate surface area is 150 Å². The number of likely N-dealkylation sites (tertiary alicyclic amines) is 1. The minimum atomic E-state index is -1.08. The molecule has 2 heterocycles. The number of esters is 1. The minimum absolute atomic E-state index is 0.112. The molecule has 1 unspecified atom stereocenters. The largest absolute Gasteiger partial charge is 0.458 e. The fourth-order valence-corrected chi connectivity index (χ4v) is 3.51. The van der Waals surface area contributed by atoms with Gasteiger partial charge in [-0.15, -0.1) is 0 Å². The Morgan fingerprint density at radius 3 is 2.40 bits per heavy atom. The lowest BCUT2D eigenvalue weighted by Gasteiger charge is -2.43. The number of rotatable bonds is 4. The highest BCUT2D eigenvalue weighted by Gasteiger charge is 2.45. The first-order chi connectivity index (χ1) is 11.6. The third kappa shape index (κ3) is 5.39. The zero-order chi connectivity index (χ0) is 18.7. The molecule has 2 saturated heterocycles. The van der Waals surface area contributed by atoms with E-state index in [1.165, 1.54) is 0 Å². The maximum absolute atomic E-state index is 12.6. The normalized spacial score (nSPS) is 26.5.